The van der Waals surface area contributed by atoms with Gasteiger partial charge >= 0.3 is 5.97 Å². The third kappa shape index (κ3) is 3.85. The molecule has 1 aliphatic rings. The second-order valence-corrected chi connectivity index (χ2v) is 5.38. The highest BCUT2D eigenvalue weighted by molar-refractivity contribution is 5.82. The fourth-order valence-electron chi connectivity index (χ4n) is 2.77. The highest BCUT2D eigenvalue weighted by atomic mass is 16.5. The van der Waals surface area contributed by atoms with Crippen LogP contribution in [0.5, 0.6) is 0 Å². The normalized spacial score (nSPS) is 17.1. The van der Waals surface area contributed by atoms with Gasteiger partial charge in [0.2, 0.25) is 0 Å². The van der Waals surface area contributed by atoms with Crippen LogP contribution in [-0.2, 0) is 19.1 Å². The molecule has 0 unspecified atom stereocenters. The summed E-state index contributed by atoms with van der Waals surface area (Å²) in [7, 11) is 1.54. The third-order valence-electron chi connectivity index (χ3n) is 3.99. The Hall–Kier alpha value is -1.88. The van der Waals surface area contributed by atoms with E-state index in [0.29, 0.717) is 32.5 Å². The van der Waals surface area contributed by atoms with Crippen molar-refractivity contribution in [2.75, 3.05) is 26.8 Å². The number of likely N-dealkylation sites (tertiary alicyclic amines) is 1. The zero-order valence-electron chi connectivity index (χ0n) is 13.2. The first kappa shape index (κ1) is 16.5. The van der Waals surface area contributed by atoms with Crippen LogP contribution in [0, 0.1) is 5.92 Å². The molecule has 22 heavy (non-hydrogen) atoms. The minimum absolute atomic E-state index is 0.0454. The third-order valence-corrected chi connectivity index (χ3v) is 3.99. The van der Waals surface area contributed by atoms with Gasteiger partial charge in [0, 0.05) is 20.2 Å². The average Bonchev–Trinajstić information content (AvgIpc) is 2.57. The second kappa shape index (κ2) is 7.94. The Kier molecular flexibility index (Phi) is 5.95. The Morgan fingerprint density at radius 2 is 1.86 bits per heavy atom. The highest BCUT2D eigenvalue weighted by Crippen LogP contribution is 2.24. The van der Waals surface area contributed by atoms with Crippen molar-refractivity contribution < 1.29 is 19.1 Å². The maximum absolute atomic E-state index is 12.6. The quantitative estimate of drug-likeness (QED) is 0.782. The number of esters is 1. The lowest BCUT2D eigenvalue weighted by molar-refractivity contribution is -0.153. The fraction of sp³-hybridized carbons (Fsp3) is 0.529. The molecule has 2 rings (SSSR count). The zero-order valence-corrected chi connectivity index (χ0v) is 13.2. The van der Waals surface area contributed by atoms with E-state index in [1.807, 2.05) is 30.3 Å². The molecule has 0 spiro atoms. The molecule has 1 aliphatic heterocycles. The van der Waals surface area contributed by atoms with Gasteiger partial charge in [0.15, 0.2) is 6.10 Å². The summed E-state index contributed by atoms with van der Waals surface area (Å²) in [6.07, 6.45) is 0.714. The topological polar surface area (TPSA) is 55.8 Å². The fourth-order valence-corrected chi connectivity index (χ4v) is 2.77. The molecule has 5 nitrogen and oxygen atoms in total. The standard InChI is InChI=1S/C17H23NO4/c1-3-22-17(20)14-9-11-18(12-10-14)16(19)15(21-2)13-7-5-4-6-8-13/h4-8,14-15H,3,9-12H2,1-2H3/t15-/m1/s1. The number of piperidine rings is 1. The Labute approximate surface area is 131 Å². The molecule has 0 bridgehead atoms. The smallest absolute Gasteiger partial charge is 0.309 e. The summed E-state index contributed by atoms with van der Waals surface area (Å²) in [5, 5.41) is 0. The molecule has 1 aromatic rings. The van der Waals surface area contributed by atoms with Crippen LogP contribution >= 0.6 is 0 Å². The summed E-state index contributed by atoms with van der Waals surface area (Å²) in [6, 6.07) is 9.46. The van der Waals surface area contributed by atoms with Crippen LogP contribution in [0.3, 0.4) is 0 Å². The van der Waals surface area contributed by atoms with E-state index in [1.54, 1.807) is 18.9 Å². The lowest BCUT2D eigenvalue weighted by Crippen LogP contribution is -2.43. The van der Waals surface area contributed by atoms with Crippen molar-refractivity contribution in [2.24, 2.45) is 5.92 Å². The van der Waals surface area contributed by atoms with Gasteiger partial charge in [-0.1, -0.05) is 30.3 Å². The molecular weight excluding hydrogens is 282 g/mol. The van der Waals surface area contributed by atoms with Crippen molar-refractivity contribution in [3.63, 3.8) is 0 Å². The lowest BCUT2D eigenvalue weighted by atomic mass is 9.96. The van der Waals surface area contributed by atoms with Crippen LogP contribution in [0.4, 0.5) is 0 Å². The van der Waals surface area contributed by atoms with Gasteiger partial charge in [-0.3, -0.25) is 9.59 Å². The van der Waals surface area contributed by atoms with Gasteiger partial charge in [-0.25, -0.2) is 0 Å². The van der Waals surface area contributed by atoms with Crippen LogP contribution in [0.2, 0.25) is 0 Å². The lowest BCUT2D eigenvalue weighted by Gasteiger charge is -2.33. The molecule has 1 heterocycles. The Bertz CT molecular complexity index is 495. The predicted octanol–water partition coefficient (Wildman–Crippen LogP) is 2.18. The Morgan fingerprint density at radius 1 is 1.23 bits per heavy atom. The summed E-state index contributed by atoms with van der Waals surface area (Å²) in [4.78, 5) is 26.1. The maximum atomic E-state index is 12.6. The number of methoxy groups -OCH3 is 1. The van der Waals surface area contributed by atoms with Crippen molar-refractivity contribution in [1.82, 2.24) is 4.90 Å². The van der Waals surface area contributed by atoms with Crippen LogP contribution < -0.4 is 0 Å². The molecule has 1 atom stereocenters. The zero-order chi connectivity index (χ0) is 15.9. The Morgan fingerprint density at radius 3 is 2.41 bits per heavy atom. The molecule has 1 amide bonds. The number of rotatable bonds is 5. The summed E-state index contributed by atoms with van der Waals surface area (Å²) >= 11 is 0. The van der Waals surface area contributed by atoms with Crippen molar-refractivity contribution in [2.45, 2.75) is 25.9 Å². The van der Waals surface area contributed by atoms with Crippen LogP contribution in [0.15, 0.2) is 30.3 Å². The summed E-state index contributed by atoms with van der Waals surface area (Å²) < 4.78 is 10.4. The molecule has 1 saturated heterocycles. The highest BCUT2D eigenvalue weighted by Gasteiger charge is 2.32. The van der Waals surface area contributed by atoms with E-state index >= 15 is 0 Å². The molecule has 0 aromatic heterocycles. The van der Waals surface area contributed by atoms with Crippen LogP contribution in [0.25, 0.3) is 0 Å². The van der Waals surface area contributed by atoms with Crippen molar-refractivity contribution in [1.29, 1.82) is 0 Å². The average molecular weight is 305 g/mol. The molecule has 5 heteroatoms. The van der Waals surface area contributed by atoms with Gasteiger partial charge in [-0.05, 0) is 25.3 Å². The number of amides is 1. The van der Waals surface area contributed by atoms with E-state index in [1.165, 1.54) is 0 Å². The van der Waals surface area contributed by atoms with Gasteiger partial charge < -0.3 is 14.4 Å². The van der Waals surface area contributed by atoms with Crippen molar-refractivity contribution in [3.8, 4) is 0 Å². The molecule has 1 fully saturated rings. The molecule has 0 saturated carbocycles. The van der Waals surface area contributed by atoms with Gasteiger partial charge in [0.1, 0.15) is 0 Å². The first-order valence-electron chi connectivity index (χ1n) is 7.70. The maximum Gasteiger partial charge on any atom is 0.309 e. The van der Waals surface area contributed by atoms with Gasteiger partial charge in [0.25, 0.3) is 5.91 Å². The number of nitrogens with zero attached hydrogens (tertiary/aromatic N) is 1. The summed E-state index contributed by atoms with van der Waals surface area (Å²) in [6.45, 7) is 3.33. The van der Waals surface area contributed by atoms with E-state index in [4.69, 9.17) is 9.47 Å². The minimum atomic E-state index is -0.583. The minimum Gasteiger partial charge on any atom is -0.466 e. The first-order valence-corrected chi connectivity index (χ1v) is 7.70. The molecule has 0 radical (unpaired) electrons. The van der Waals surface area contributed by atoms with E-state index in [0.717, 1.165) is 5.56 Å². The number of hydrogen-bond acceptors (Lipinski definition) is 4. The second-order valence-electron chi connectivity index (χ2n) is 5.38. The number of ether oxygens (including phenoxy) is 2. The van der Waals surface area contributed by atoms with E-state index in [-0.39, 0.29) is 17.8 Å². The van der Waals surface area contributed by atoms with Crippen molar-refractivity contribution in [3.05, 3.63) is 35.9 Å². The molecule has 120 valence electrons. The van der Waals surface area contributed by atoms with Crippen molar-refractivity contribution >= 4 is 11.9 Å². The van der Waals surface area contributed by atoms with E-state index < -0.39 is 6.10 Å². The number of carbonyl (C=O) groups excluding carboxylic acids is 2. The largest absolute Gasteiger partial charge is 0.466 e. The molecular formula is C17H23NO4. The number of hydrogen-bond donors (Lipinski definition) is 0. The molecule has 0 aliphatic carbocycles. The number of benzene rings is 1. The van der Waals surface area contributed by atoms with Crippen LogP contribution in [0.1, 0.15) is 31.4 Å². The number of carbonyl (C=O) groups is 2. The van der Waals surface area contributed by atoms with Gasteiger partial charge in [0.05, 0.1) is 12.5 Å². The van der Waals surface area contributed by atoms with Crippen LogP contribution in [-0.4, -0.2) is 43.6 Å². The summed E-state index contributed by atoms with van der Waals surface area (Å²) in [5.74, 6) is -0.293. The summed E-state index contributed by atoms with van der Waals surface area (Å²) in [5.41, 5.74) is 0.850. The van der Waals surface area contributed by atoms with E-state index in [9.17, 15) is 9.59 Å². The predicted molar refractivity (Wildman–Crippen MR) is 82.1 cm³/mol. The monoisotopic (exact) mass is 305 g/mol. The molecule has 1 aromatic carbocycles. The van der Waals surface area contributed by atoms with E-state index in [2.05, 4.69) is 0 Å². The van der Waals surface area contributed by atoms with Gasteiger partial charge in [-0.2, -0.15) is 0 Å². The van der Waals surface area contributed by atoms with Gasteiger partial charge in [-0.15, -0.1) is 0 Å². The SMILES string of the molecule is CCOC(=O)C1CCN(C(=O)[C@H](OC)c2ccccc2)CC1. The molecule has 0 N–H and O–H groups in total. The first-order chi connectivity index (χ1) is 10.7. The Balaban J connectivity index is 1.95.